The Labute approximate surface area is 469 Å². The lowest BCUT2D eigenvalue weighted by molar-refractivity contribution is -0.155. The summed E-state index contributed by atoms with van der Waals surface area (Å²) in [5, 5.41) is 11.5. The van der Waals surface area contributed by atoms with Crippen LogP contribution in [-0.4, -0.2) is 90.3 Å². The Kier molecular flexibility index (Phi) is 20.1. The first-order chi connectivity index (χ1) is 38.1. The highest BCUT2D eigenvalue weighted by Crippen LogP contribution is 2.44. The van der Waals surface area contributed by atoms with Gasteiger partial charge in [0.15, 0.2) is 0 Å². The molecule has 4 aromatic carbocycles. The number of ether oxygens (including phenoxy) is 4. The fourth-order valence-electron chi connectivity index (χ4n) is 10.8. The van der Waals surface area contributed by atoms with Crippen LogP contribution in [0.5, 0.6) is 11.5 Å². The SMILES string of the molecule is CC(C)(C)OC(=O)CCN(CC(=O)N1CCc2cc(OCc3ccc(C4CCCC4)c(C(F)(F)F)c3)ccc21)C(=O)OC(C)(C)C.O=C(O)CCNCC(=O)N1CCc2cc(OCc3ccc(C4CCCC4)c(C(F)(F)F)c3)ccc21. The minimum atomic E-state index is -4.44. The van der Waals surface area contributed by atoms with Crippen molar-refractivity contribution in [3.63, 3.8) is 0 Å². The number of benzene rings is 4. The number of carbonyl (C=O) groups excluding carboxylic acids is 4. The number of nitrogens with one attached hydrogen (secondary N) is 1. The zero-order valence-corrected chi connectivity index (χ0v) is 47.0. The van der Waals surface area contributed by atoms with Gasteiger partial charge in [-0.2, -0.15) is 26.3 Å². The first kappa shape index (κ1) is 61.8. The van der Waals surface area contributed by atoms with E-state index in [1.54, 1.807) is 106 Å². The molecule has 0 bridgehead atoms. The van der Waals surface area contributed by atoms with Crippen molar-refractivity contribution >= 4 is 41.2 Å². The Hall–Kier alpha value is -6.83. The summed E-state index contributed by atoms with van der Waals surface area (Å²) in [7, 11) is 0. The highest BCUT2D eigenvalue weighted by atomic mass is 19.4. The molecule has 0 radical (unpaired) electrons. The van der Waals surface area contributed by atoms with Crippen molar-refractivity contribution in [1.82, 2.24) is 10.2 Å². The second kappa shape index (κ2) is 26.4. The van der Waals surface area contributed by atoms with Gasteiger partial charge in [0.2, 0.25) is 11.8 Å². The lowest BCUT2D eigenvalue weighted by Gasteiger charge is -2.29. The maximum absolute atomic E-state index is 13.9. The van der Waals surface area contributed by atoms with E-state index in [9.17, 15) is 50.3 Å². The smallest absolute Gasteiger partial charge is 0.416 e. The molecule has 0 spiro atoms. The van der Waals surface area contributed by atoms with Crippen LogP contribution in [-0.2, 0) is 67.1 Å². The minimum Gasteiger partial charge on any atom is -0.489 e. The molecule has 440 valence electrons. The molecule has 0 atom stereocenters. The van der Waals surface area contributed by atoms with Gasteiger partial charge in [0.25, 0.3) is 0 Å². The Morgan fingerprint density at radius 2 is 1.06 bits per heavy atom. The standard InChI is InChI=1S/C35H45F3N2O6.C26H29F3N2O4/c1-33(2,3)45-31(42)16-17-39(32(43)46-34(4,5)6)21-30(41)40-18-15-25-20-26(12-14-29(25)40)44-22-23-11-13-27(24-9-7-8-10-24)28(19-23)35(36,37)38;27-26(28,29)22-13-17(5-7-21(22)18-3-1-2-4-18)16-35-20-6-8-23-19(14-20)10-12-31(23)24(32)15-30-11-9-25(33)34/h11-14,19-20,24H,7-10,15-18,21-22H2,1-6H3;5-8,13-14,18,30H,1-4,9-12,15-16H2,(H,33,34). The molecule has 2 heterocycles. The summed E-state index contributed by atoms with van der Waals surface area (Å²) in [5.74, 6) is -0.989. The lowest BCUT2D eigenvalue weighted by atomic mass is 9.91. The predicted molar refractivity (Wildman–Crippen MR) is 292 cm³/mol. The third-order valence-electron chi connectivity index (χ3n) is 14.5. The minimum absolute atomic E-state index is 0.0168. The van der Waals surface area contributed by atoms with Crippen LogP contribution in [0.3, 0.4) is 0 Å². The van der Waals surface area contributed by atoms with Crippen LogP contribution >= 0.6 is 0 Å². The monoisotopic (exact) mass is 1140 g/mol. The van der Waals surface area contributed by atoms with E-state index in [0.29, 0.717) is 65.4 Å². The molecule has 3 amide bonds. The van der Waals surface area contributed by atoms with Gasteiger partial charge in [0, 0.05) is 37.6 Å². The average molecular weight is 1140 g/mol. The topological polar surface area (TPSA) is 164 Å². The Morgan fingerprint density at radius 3 is 1.49 bits per heavy atom. The number of carbonyl (C=O) groups is 5. The molecule has 2 N–H and O–H groups in total. The molecule has 81 heavy (non-hydrogen) atoms. The van der Waals surface area contributed by atoms with E-state index in [2.05, 4.69) is 5.32 Å². The second-order valence-electron chi connectivity index (χ2n) is 23.1. The van der Waals surface area contributed by atoms with Crippen LogP contribution in [0.2, 0.25) is 0 Å². The first-order valence-electron chi connectivity index (χ1n) is 27.8. The van der Waals surface area contributed by atoms with Gasteiger partial charge < -0.3 is 39.2 Å². The largest absolute Gasteiger partial charge is 0.489 e. The molecule has 0 unspecified atom stereocenters. The molecule has 2 saturated carbocycles. The summed E-state index contributed by atoms with van der Waals surface area (Å²) in [6, 6.07) is 19.5. The number of carboxylic acids is 1. The van der Waals surface area contributed by atoms with E-state index in [1.807, 2.05) is 6.07 Å². The number of hydrogen-bond acceptors (Lipinski definition) is 10. The maximum atomic E-state index is 13.9. The van der Waals surface area contributed by atoms with Gasteiger partial charge in [0.1, 0.15) is 42.5 Å². The zero-order chi connectivity index (χ0) is 58.9. The van der Waals surface area contributed by atoms with Gasteiger partial charge in [-0.1, -0.05) is 49.9 Å². The quantitative estimate of drug-likeness (QED) is 0.0553. The summed E-state index contributed by atoms with van der Waals surface area (Å²) >= 11 is 0. The number of hydrogen-bond donors (Lipinski definition) is 2. The molecule has 2 fully saturated rings. The Balaban J connectivity index is 0.000000242. The number of amides is 3. The van der Waals surface area contributed by atoms with Crippen molar-refractivity contribution in [2.75, 3.05) is 49.1 Å². The number of esters is 1. The van der Waals surface area contributed by atoms with Crippen molar-refractivity contribution < 1.29 is 74.4 Å². The van der Waals surface area contributed by atoms with Crippen molar-refractivity contribution in [3.05, 3.63) is 117 Å². The Morgan fingerprint density at radius 1 is 0.605 bits per heavy atom. The molecular weight excluding hydrogens is 1060 g/mol. The first-order valence-corrected chi connectivity index (χ1v) is 27.8. The van der Waals surface area contributed by atoms with Crippen molar-refractivity contribution in [2.24, 2.45) is 0 Å². The van der Waals surface area contributed by atoms with E-state index < -0.39 is 52.7 Å². The fraction of sp³-hybridized carbons (Fsp3) is 0.525. The lowest BCUT2D eigenvalue weighted by Crippen LogP contribution is -2.45. The summed E-state index contributed by atoms with van der Waals surface area (Å²) in [5.41, 5.74) is 2.21. The molecule has 2 aliphatic heterocycles. The third kappa shape index (κ3) is 17.6. The third-order valence-corrected chi connectivity index (χ3v) is 14.5. The number of carboxylic acid groups (broad SMARTS) is 1. The number of alkyl halides is 6. The molecule has 4 aliphatic rings. The zero-order valence-electron chi connectivity index (χ0n) is 47.0. The number of rotatable bonds is 18. The number of halogens is 6. The molecule has 8 rings (SSSR count). The maximum Gasteiger partial charge on any atom is 0.416 e. The summed E-state index contributed by atoms with van der Waals surface area (Å²) in [4.78, 5) is 66.2. The average Bonchev–Trinajstić information content (AvgIpc) is 4.48. The second-order valence-corrected chi connectivity index (χ2v) is 23.1. The van der Waals surface area contributed by atoms with Crippen LogP contribution < -0.4 is 24.6 Å². The molecule has 14 nitrogen and oxygen atoms in total. The van der Waals surface area contributed by atoms with Crippen LogP contribution in [0.15, 0.2) is 72.8 Å². The highest BCUT2D eigenvalue weighted by molar-refractivity contribution is 5.98. The van der Waals surface area contributed by atoms with Crippen molar-refractivity contribution in [1.29, 1.82) is 0 Å². The summed E-state index contributed by atoms with van der Waals surface area (Å²) in [6.45, 7) is 11.2. The van der Waals surface area contributed by atoms with Crippen LogP contribution in [0.1, 0.15) is 162 Å². The predicted octanol–water partition coefficient (Wildman–Crippen LogP) is 12.7. The van der Waals surface area contributed by atoms with E-state index in [4.69, 9.17) is 24.1 Å². The molecular formula is C61H74F6N4O10. The van der Waals surface area contributed by atoms with Crippen LogP contribution in [0.25, 0.3) is 0 Å². The van der Waals surface area contributed by atoms with E-state index in [1.165, 1.54) is 17.0 Å². The number of anilines is 2. The van der Waals surface area contributed by atoms with Gasteiger partial charge in [-0.3, -0.25) is 24.1 Å². The normalized spacial score (nSPS) is 15.7. The fourth-order valence-corrected chi connectivity index (χ4v) is 10.8. The van der Waals surface area contributed by atoms with Crippen LogP contribution in [0.4, 0.5) is 42.5 Å². The highest BCUT2D eigenvalue weighted by Gasteiger charge is 2.38. The number of aliphatic carboxylic acids is 1. The molecule has 4 aromatic rings. The summed E-state index contributed by atoms with van der Waals surface area (Å²) in [6.07, 6.45) is -1.55. The molecule has 2 aliphatic carbocycles. The van der Waals surface area contributed by atoms with Crippen LogP contribution in [0, 0.1) is 0 Å². The van der Waals surface area contributed by atoms with E-state index in [-0.39, 0.29) is 75.9 Å². The number of fused-ring (bicyclic) bond motifs is 2. The van der Waals surface area contributed by atoms with Gasteiger partial charge in [-0.25, -0.2) is 4.79 Å². The van der Waals surface area contributed by atoms with E-state index >= 15 is 0 Å². The molecule has 0 saturated heterocycles. The van der Waals surface area contributed by atoms with Gasteiger partial charge >= 0.3 is 30.4 Å². The number of nitrogens with zero attached hydrogens (tertiary/aromatic N) is 3. The van der Waals surface area contributed by atoms with Gasteiger partial charge in [-0.15, -0.1) is 0 Å². The molecule has 20 heteroatoms. The van der Waals surface area contributed by atoms with E-state index in [0.717, 1.165) is 68.2 Å². The molecule has 0 aromatic heterocycles. The van der Waals surface area contributed by atoms with Crippen molar-refractivity contribution in [2.45, 2.75) is 167 Å². The van der Waals surface area contributed by atoms with Crippen molar-refractivity contribution in [3.8, 4) is 11.5 Å². The Bertz CT molecular complexity index is 2880. The van der Waals surface area contributed by atoms with Gasteiger partial charge in [-0.05, 0) is 174 Å². The summed E-state index contributed by atoms with van der Waals surface area (Å²) < 4.78 is 105. The van der Waals surface area contributed by atoms with Gasteiger partial charge in [0.05, 0.1) is 30.5 Å².